The normalized spacial score (nSPS) is 29.2. The molecule has 1 aliphatic heterocycles. The van der Waals surface area contributed by atoms with E-state index in [1.165, 1.54) is 12.1 Å². The van der Waals surface area contributed by atoms with Gasteiger partial charge in [-0.05, 0) is 61.6 Å². The summed E-state index contributed by atoms with van der Waals surface area (Å²) in [4.78, 5) is 12.9. The van der Waals surface area contributed by atoms with Crippen LogP contribution in [0.1, 0.15) is 43.2 Å². The lowest BCUT2D eigenvalue weighted by atomic mass is 9.45. The Balaban J connectivity index is 1.13. The fraction of sp³-hybridized carbons (Fsp3) is 0.375. The van der Waals surface area contributed by atoms with Gasteiger partial charge in [-0.3, -0.25) is 4.79 Å². The molecule has 34 heavy (non-hydrogen) atoms. The van der Waals surface area contributed by atoms with Gasteiger partial charge in [-0.25, -0.2) is 4.39 Å². The molecule has 2 aromatic carbocycles. The van der Waals surface area contributed by atoms with Gasteiger partial charge in [0.15, 0.2) is 6.10 Å². The number of nitrogens with one attached hydrogen (secondary N) is 1. The molecule has 3 aliphatic rings. The van der Waals surface area contributed by atoms with Crippen molar-refractivity contribution in [3.05, 3.63) is 63.7 Å². The monoisotopic (exact) mass is 503 g/mol. The van der Waals surface area contributed by atoms with E-state index in [4.69, 9.17) is 32.4 Å². The van der Waals surface area contributed by atoms with Crippen LogP contribution in [0.2, 0.25) is 10.0 Å². The Labute approximate surface area is 204 Å². The molecule has 2 heterocycles. The number of aromatic nitrogens is 2. The van der Waals surface area contributed by atoms with E-state index in [-0.39, 0.29) is 40.6 Å². The second kappa shape index (κ2) is 7.93. The fourth-order valence-corrected chi connectivity index (χ4v) is 5.70. The molecular weight excluding hydrogens is 484 g/mol. The predicted molar refractivity (Wildman–Crippen MR) is 121 cm³/mol. The maximum atomic E-state index is 13.8. The van der Waals surface area contributed by atoms with Crippen molar-refractivity contribution in [1.29, 1.82) is 0 Å². The van der Waals surface area contributed by atoms with Crippen molar-refractivity contribution in [2.75, 3.05) is 0 Å². The number of rotatable bonds is 4. The van der Waals surface area contributed by atoms with Gasteiger partial charge in [0.05, 0.1) is 16.5 Å². The number of fused-ring (bicyclic) bond motifs is 2. The summed E-state index contributed by atoms with van der Waals surface area (Å²) >= 11 is 11.8. The molecule has 0 bridgehead atoms. The van der Waals surface area contributed by atoms with Gasteiger partial charge >= 0.3 is 0 Å². The van der Waals surface area contributed by atoms with Crippen LogP contribution >= 0.6 is 23.2 Å². The summed E-state index contributed by atoms with van der Waals surface area (Å²) in [5, 5.41) is 22.4. The summed E-state index contributed by atoms with van der Waals surface area (Å²) in [6.07, 6.45) is 1.03. The predicted octanol–water partition coefficient (Wildman–Crippen LogP) is 4.60. The Kier molecular flexibility index (Phi) is 5.09. The van der Waals surface area contributed by atoms with E-state index in [0.29, 0.717) is 34.2 Å². The standard InChI is InChI=1S/C24H20Cl2FN3O4/c25-12-2-4-19-13(8-12)18(31)9-20(33-19)21(32)28-17-10-24(6-5-14(17)24)23-30-29-22(34-23)11-1-3-15(26)16(27)7-11/h1-4,7-8,14,17-18,20,31H,5-6,9-10H2,(H,28,32). The molecule has 2 N–H and O–H groups in total. The number of carbonyl (C=O) groups excluding carboxylic acids is 1. The number of ether oxygens (including phenoxy) is 1. The lowest BCUT2D eigenvalue weighted by molar-refractivity contribution is -0.137. The van der Waals surface area contributed by atoms with Crippen LogP contribution in [0.5, 0.6) is 5.75 Å². The first-order chi connectivity index (χ1) is 16.3. The zero-order valence-electron chi connectivity index (χ0n) is 17.8. The summed E-state index contributed by atoms with van der Waals surface area (Å²) in [6.45, 7) is 0. The zero-order chi connectivity index (χ0) is 23.6. The van der Waals surface area contributed by atoms with Crippen LogP contribution < -0.4 is 10.1 Å². The van der Waals surface area contributed by atoms with Crippen LogP contribution in [0.15, 0.2) is 40.8 Å². The highest BCUT2D eigenvalue weighted by molar-refractivity contribution is 6.31. The maximum Gasteiger partial charge on any atom is 0.261 e. The molecule has 1 aromatic heterocycles. The van der Waals surface area contributed by atoms with E-state index in [0.717, 1.165) is 12.8 Å². The minimum atomic E-state index is -0.822. The van der Waals surface area contributed by atoms with E-state index >= 15 is 0 Å². The Morgan fingerprint density at radius 1 is 1.21 bits per heavy atom. The van der Waals surface area contributed by atoms with Crippen molar-refractivity contribution in [3.63, 3.8) is 0 Å². The molecule has 2 aliphatic carbocycles. The Morgan fingerprint density at radius 3 is 2.79 bits per heavy atom. The van der Waals surface area contributed by atoms with Gasteiger partial charge < -0.3 is 19.6 Å². The zero-order valence-corrected chi connectivity index (χ0v) is 19.3. The molecule has 0 radical (unpaired) electrons. The molecule has 3 aromatic rings. The molecule has 10 heteroatoms. The van der Waals surface area contributed by atoms with Crippen molar-refractivity contribution in [3.8, 4) is 17.2 Å². The minimum Gasteiger partial charge on any atom is -0.480 e. The fourth-order valence-electron chi connectivity index (χ4n) is 5.40. The molecule has 2 saturated carbocycles. The van der Waals surface area contributed by atoms with Gasteiger partial charge in [-0.15, -0.1) is 10.2 Å². The first-order valence-corrected chi connectivity index (χ1v) is 11.8. The lowest BCUT2D eigenvalue weighted by Gasteiger charge is -2.61. The molecule has 5 atom stereocenters. The largest absolute Gasteiger partial charge is 0.480 e. The second-order valence-electron chi connectivity index (χ2n) is 9.20. The summed E-state index contributed by atoms with van der Waals surface area (Å²) < 4.78 is 25.6. The molecule has 5 unspecified atom stereocenters. The van der Waals surface area contributed by atoms with Crippen LogP contribution in [0.25, 0.3) is 11.5 Å². The number of carbonyl (C=O) groups is 1. The van der Waals surface area contributed by atoms with E-state index in [9.17, 15) is 14.3 Å². The van der Waals surface area contributed by atoms with E-state index in [1.54, 1.807) is 24.3 Å². The van der Waals surface area contributed by atoms with Crippen molar-refractivity contribution < 1.29 is 23.4 Å². The second-order valence-corrected chi connectivity index (χ2v) is 10.0. The average Bonchev–Trinajstić information content (AvgIpc) is 3.28. The van der Waals surface area contributed by atoms with Gasteiger partial charge in [-0.2, -0.15) is 0 Å². The minimum absolute atomic E-state index is 0.0282. The molecule has 176 valence electrons. The van der Waals surface area contributed by atoms with Crippen molar-refractivity contribution in [1.82, 2.24) is 15.5 Å². The van der Waals surface area contributed by atoms with E-state index in [2.05, 4.69) is 15.5 Å². The number of aliphatic hydroxyl groups is 1. The lowest BCUT2D eigenvalue weighted by Crippen LogP contribution is -2.68. The van der Waals surface area contributed by atoms with Crippen LogP contribution in [0.4, 0.5) is 4.39 Å². The number of hydrogen-bond acceptors (Lipinski definition) is 6. The third-order valence-electron chi connectivity index (χ3n) is 7.36. The van der Waals surface area contributed by atoms with Crippen molar-refractivity contribution in [2.45, 2.75) is 49.3 Å². The Hall–Kier alpha value is -2.68. The highest BCUT2D eigenvalue weighted by atomic mass is 35.5. The molecule has 0 saturated heterocycles. The van der Waals surface area contributed by atoms with Crippen molar-refractivity contribution in [2.24, 2.45) is 5.92 Å². The van der Waals surface area contributed by atoms with E-state index in [1.807, 2.05) is 0 Å². The third kappa shape index (κ3) is 3.39. The van der Waals surface area contributed by atoms with Gasteiger partial charge in [0, 0.05) is 28.6 Å². The number of halogens is 3. The van der Waals surface area contributed by atoms with E-state index < -0.39 is 18.0 Å². The highest BCUT2D eigenvalue weighted by Crippen LogP contribution is 2.61. The quantitative estimate of drug-likeness (QED) is 0.539. The highest BCUT2D eigenvalue weighted by Gasteiger charge is 2.64. The Morgan fingerprint density at radius 2 is 2.06 bits per heavy atom. The first-order valence-electron chi connectivity index (χ1n) is 11.1. The smallest absolute Gasteiger partial charge is 0.261 e. The van der Waals surface area contributed by atoms with Crippen LogP contribution in [0, 0.1) is 11.7 Å². The Bertz CT molecular complexity index is 1300. The SMILES string of the molecule is O=C(NC1CC2(c3nnc(-c4ccc(Cl)c(F)c4)o3)CCC12)C1CC(O)c2cc(Cl)ccc2O1. The van der Waals surface area contributed by atoms with Gasteiger partial charge in [0.25, 0.3) is 5.91 Å². The first kappa shape index (κ1) is 21.8. The van der Waals surface area contributed by atoms with Gasteiger partial charge in [0.1, 0.15) is 11.6 Å². The number of aliphatic hydroxyl groups excluding tert-OH is 1. The number of amides is 1. The molecule has 6 rings (SSSR count). The maximum absolute atomic E-state index is 13.8. The van der Waals surface area contributed by atoms with Crippen LogP contribution in [-0.2, 0) is 10.2 Å². The summed E-state index contributed by atoms with van der Waals surface area (Å²) in [7, 11) is 0. The molecular formula is C24H20Cl2FN3O4. The molecule has 2 fully saturated rings. The number of benzene rings is 2. The summed E-state index contributed by atoms with van der Waals surface area (Å²) in [5.74, 6) is 0.577. The average molecular weight is 504 g/mol. The molecule has 1 amide bonds. The summed E-state index contributed by atoms with van der Waals surface area (Å²) in [5.41, 5.74) is 0.780. The number of hydrogen-bond donors (Lipinski definition) is 2. The van der Waals surface area contributed by atoms with Crippen molar-refractivity contribution >= 4 is 29.1 Å². The van der Waals surface area contributed by atoms with Crippen LogP contribution in [-0.4, -0.2) is 33.4 Å². The topological polar surface area (TPSA) is 97.5 Å². The third-order valence-corrected chi connectivity index (χ3v) is 7.90. The molecule has 0 spiro atoms. The van der Waals surface area contributed by atoms with Crippen LogP contribution in [0.3, 0.4) is 0 Å². The summed E-state index contributed by atoms with van der Waals surface area (Å²) in [6, 6.07) is 9.29. The molecule has 7 nitrogen and oxygen atoms in total. The van der Waals surface area contributed by atoms with Gasteiger partial charge in [0.2, 0.25) is 11.8 Å². The number of nitrogens with zero attached hydrogens (tertiary/aromatic N) is 2. The van der Waals surface area contributed by atoms with Gasteiger partial charge in [-0.1, -0.05) is 23.2 Å².